The second-order valence-corrected chi connectivity index (χ2v) is 8.25. The lowest BCUT2D eigenvalue weighted by Gasteiger charge is -2.30. The van der Waals surface area contributed by atoms with Crippen molar-refractivity contribution < 1.29 is 18.3 Å². The third-order valence-corrected chi connectivity index (χ3v) is 6.53. The Labute approximate surface area is 137 Å². The van der Waals surface area contributed by atoms with E-state index in [0.29, 0.717) is 0 Å². The Hall–Kier alpha value is -0.600. The van der Waals surface area contributed by atoms with Crippen LogP contribution in [0.1, 0.15) is 19.4 Å². The molecule has 0 unspecified atom stereocenters. The van der Waals surface area contributed by atoms with Crippen molar-refractivity contribution in [3.63, 3.8) is 0 Å². The number of hydrogen-bond donors (Lipinski definition) is 2. The van der Waals surface area contributed by atoms with Crippen LogP contribution >= 0.6 is 11.8 Å². The van der Waals surface area contributed by atoms with E-state index < -0.39 is 15.6 Å². The number of methoxy groups -OCH3 is 1. The lowest BCUT2D eigenvalue weighted by Crippen LogP contribution is -2.46. The van der Waals surface area contributed by atoms with Gasteiger partial charge in [0.2, 0.25) is 10.0 Å². The van der Waals surface area contributed by atoms with E-state index >= 15 is 0 Å². The molecule has 0 aliphatic carbocycles. The van der Waals surface area contributed by atoms with E-state index in [0.717, 1.165) is 5.56 Å². The minimum Gasteiger partial charge on any atom is -0.395 e. The number of thioether (sulfide) groups is 1. The van der Waals surface area contributed by atoms with Crippen LogP contribution in [0, 0.1) is 0 Å². The number of benzene rings is 1. The van der Waals surface area contributed by atoms with Crippen LogP contribution in [0.2, 0.25) is 0 Å². The fourth-order valence-corrected chi connectivity index (χ4v) is 4.79. The number of hydrogen-bond acceptors (Lipinski definition) is 5. The smallest absolute Gasteiger partial charge is 0.215 e. The molecule has 0 saturated carbocycles. The number of aliphatic hydroxyl groups excluding tert-OH is 1. The molecule has 1 rings (SSSR count). The molecule has 0 aliphatic heterocycles. The summed E-state index contributed by atoms with van der Waals surface area (Å²) in [7, 11) is -2.06. The molecule has 1 aromatic carbocycles. The average molecular weight is 348 g/mol. The van der Waals surface area contributed by atoms with Crippen LogP contribution in [0.15, 0.2) is 30.3 Å². The minimum absolute atomic E-state index is 0.0783. The Morgan fingerprint density at radius 2 is 1.95 bits per heavy atom. The summed E-state index contributed by atoms with van der Waals surface area (Å²) < 4.78 is 33.0. The molecule has 7 heteroatoms. The van der Waals surface area contributed by atoms with Gasteiger partial charge in [-0.15, -0.1) is 0 Å². The van der Waals surface area contributed by atoms with Crippen molar-refractivity contribution in [1.29, 1.82) is 0 Å². The Morgan fingerprint density at radius 3 is 2.41 bits per heavy atom. The van der Waals surface area contributed by atoms with Gasteiger partial charge in [-0.1, -0.05) is 30.3 Å². The van der Waals surface area contributed by atoms with Gasteiger partial charge < -0.3 is 9.84 Å². The standard InChI is InChI=1S/C15H25NO4S2/c1-12(14(10-17)21-4)16-22(18,19)11-15(2,20-3)13-8-6-5-7-9-13/h5-9,12,14,16-17H,10-11H2,1-4H3/t12-,14+,15-/m1/s1. The maximum atomic E-state index is 12.4. The first-order chi connectivity index (χ1) is 10.3. The van der Waals surface area contributed by atoms with E-state index in [1.165, 1.54) is 18.9 Å². The fraction of sp³-hybridized carbons (Fsp3) is 0.600. The molecular weight excluding hydrogens is 322 g/mol. The molecule has 0 saturated heterocycles. The molecule has 0 radical (unpaired) electrons. The van der Waals surface area contributed by atoms with Crippen molar-refractivity contribution in [2.45, 2.75) is 30.7 Å². The maximum absolute atomic E-state index is 12.4. The predicted molar refractivity (Wildman–Crippen MR) is 91.6 cm³/mol. The van der Waals surface area contributed by atoms with Crippen LogP contribution in [-0.4, -0.2) is 50.5 Å². The van der Waals surface area contributed by atoms with Gasteiger partial charge in [0.25, 0.3) is 0 Å². The van der Waals surface area contributed by atoms with Gasteiger partial charge in [-0.25, -0.2) is 13.1 Å². The highest BCUT2D eigenvalue weighted by molar-refractivity contribution is 7.99. The largest absolute Gasteiger partial charge is 0.395 e. The molecule has 5 nitrogen and oxygen atoms in total. The zero-order chi connectivity index (χ0) is 16.8. The molecule has 0 heterocycles. The van der Waals surface area contributed by atoms with Crippen LogP contribution in [0.25, 0.3) is 0 Å². The maximum Gasteiger partial charge on any atom is 0.215 e. The van der Waals surface area contributed by atoms with Crippen LogP contribution in [0.3, 0.4) is 0 Å². The number of ether oxygens (including phenoxy) is 1. The van der Waals surface area contributed by atoms with E-state index in [9.17, 15) is 13.5 Å². The van der Waals surface area contributed by atoms with Crippen LogP contribution in [0.4, 0.5) is 0 Å². The van der Waals surface area contributed by atoms with E-state index in [-0.39, 0.29) is 23.7 Å². The summed E-state index contributed by atoms with van der Waals surface area (Å²) in [6.45, 7) is 3.43. The second kappa shape index (κ2) is 8.31. The monoisotopic (exact) mass is 347 g/mol. The van der Waals surface area contributed by atoms with E-state index in [1.54, 1.807) is 13.8 Å². The van der Waals surface area contributed by atoms with Crippen LogP contribution in [0.5, 0.6) is 0 Å². The Balaban J connectivity index is 2.90. The predicted octanol–water partition coefficient (Wildman–Crippen LogP) is 1.58. The Morgan fingerprint density at radius 1 is 1.36 bits per heavy atom. The summed E-state index contributed by atoms with van der Waals surface area (Å²) in [6, 6.07) is 8.91. The third kappa shape index (κ3) is 5.24. The molecule has 0 amide bonds. The van der Waals surface area contributed by atoms with E-state index in [1.807, 2.05) is 36.6 Å². The number of aliphatic hydroxyl groups is 1. The fourth-order valence-electron chi connectivity index (χ4n) is 2.25. The van der Waals surface area contributed by atoms with Gasteiger partial charge in [0, 0.05) is 18.4 Å². The highest BCUT2D eigenvalue weighted by Crippen LogP contribution is 2.26. The van der Waals surface area contributed by atoms with Gasteiger partial charge in [0.15, 0.2) is 0 Å². The number of rotatable bonds is 9. The first-order valence-electron chi connectivity index (χ1n) is 7.02. The average Bonchev–Trinajstić information content (AvgIpc) is 2.48. The van der Waals surface area contributed by atoms with Crippen molar-refractivity contribution in [2.75, 3.05) is 25.7 Å². The summed E-state index contributed by atoms with van der Waals surface area (Å²) in [5.74, 6) is -0.183. The number of sulfonamides is 1. The normalized spacial score (nSPS) is 17.7. The van der Waals surface area contributed by atoms with Crippen molar-refractivity contribution in [2.24, 2.45) is 0 Å². The Bertz CT molecular complexity index is 546. The molecule has 0 aromatic heterocycles. The molecule has 0 bridgehead atoms. The van der Waals surface area contributed by atoms with Gasteiger partial charge in [-0.3, -0.25) is 0 Å². The molecule has 0 aliphatic rings. The summed E-state index contributed by atoms with van der Waals surface area (Å²) in [5, 5.41) is 9.09. The molecule has 2 N–H and O–H groups in total. The highest BCUT2D eigenvalue weighted by Gasteiger charge is 2.34. The molecule has 0 spiro atoms. The summed E-state index contributed by atoms with van der Waals surface area (Å²) in [4.78, 5) is 0. The van der Waals surface area contributed by atoms with Crippen molar-refractivity contribution in [3.05, 3.63) is 35.9 Å². The minimum atomic E-state index is -3.56. The molecule has 3 atom stereocenters. The van der Waals surface area contributed by atoms with Crippen molar-refractivity contribution >= 4 is 21.8 Å². The molecular formula is C15H25NO4S2. The van der Waals surface area contributed by atoms with Gasteiger partial charge >= 0.3 is 0 Å². The SMILES string of the molecule is CO[C@](C)(CS(=O)(=O)N[C@H](C)[C@H](CO)SC)c1ccccc1. The molecule has 1 aromatic rings. The van der Waals surface area contributed by atoms with Crippen molar-refractivity contribution in [3.8, 4) is 0 Å². The molecule has 22 heavy (non-hydrogen) atoms. The van der Waals surface area contributed by atoms with Gasteiger partial charge in [-0.2, -0.15) is 11.8 Å². The first-order valence-corrected chi connectivity index (χ1v) is 9.96. The second-order valence-electron chi connectivity index (χ2n) is 5.42. The van der Waals surface area contributed by atoms with Gasteiger partial charge in [-0.05, 0) is 25.7 Å². The molecule has 126 valence electrons. The summed E-state index contributed by atoms with van der Waals surface area (Å²) in [5.41, 5.74) is -0.125. The Kier molecular flexibility index (Phi) is 7.34. The molecule has 0 fully saturated rings. The zero-order valence-electron chi connectivity index (χ0n) is 13.4. The summed E-state index contributed by atoms with van der Waals surface area (Å²) in [6.07, 6.45) is 1.84. The third-order valence-electron chi connectivity index (χ3n) is 3.71. The van der Waals surface area contributed by atoms with Crippen LogP contribution in [-0.2, 0) is 20.4 Å². The summed E-state index contributed by atoms with van der Waals surface area (Å²) >= 11 is 1.43. The van der Waals surface area contributed by atoms with Crippen LogP contribution < -0.4 is 4.72 Å². The quantitative estimate of drug-likeness (QED) is 0.709. The number of nitrogens with one attached hydrogen (secondary N) is 1. The lowest BCUT2D eigenvalue weighted by molar-refractivity contribution is 0.0220. The first kappa shape index (κ1) is 19.4. The van der Waals surface area contributed by atoms with E-state index in [4.69, 9.17) is 4.74 Å². The van der Waals surface area contributed by atoms with Gasteiger partial charge in [0.05, 0.1) is 12.4 Å². The lowest BCUT2D eigenvalue weighted by atomic mass is 9.98. The highest BCUT2D eigenvalue weighted by atomic mass is 32.2. The van der Waals surface area contributed by atoms with Gasteiger partial charge in [0.1, 0.15) is 5.60 Å². The van der Waals surface area contributed by atoms with Crippen molar-refractivity contribution in [1.82, 2.24) is 4.72 Å². The van der Waals surface area contributed by atoms with E-state index in [2.05, 4.69) is 4.72 Å². The topological polar surface area (TPSA) is 75.6 Å². The zero-order valence-corrected chi connectivity index (χ0v) is 15.1.